The van der Waals surface area contributed by atoms with Gasteiger partial charge in [0.15, 0.2) is 0 Å². The molecule has 0 radical (unpaired) electrons. The van der Waals surface area contributed by atoms with Crippen molar-refractivity contribution in [2.75, 3.05) is 0 Å². The molecule has 1 rings (SSSR count). The van der Waals surface area contributed by atoms with Crippen molar-refractivity contribution < 1.29 is 4.79 Å². The van der Waals surface area contributed by atoms with Gasteiger partial charge in [0.25, 0.3) is 0 Å². The molecule has 13 heavy (non-hydrogen) atoms. The van der Waals surface area contributed by atoms with Gasteiger partial charge < -0.3 is 4.79 Å². The van der Waals surface area contributed by atoms with E-state index in [2.05, 4.69) is 13.5 Å². The molecule has 1 heteroatoms. The minimum absolute atomic E-state index is 0.0491. The lowest BCUT2D eigenvalue weighted by Gasteiger charge is -2.22. The minimum atomic E-state index is -0.0491. The lowest BCUT2D eigenvalue weighted by atomic mass is 9.81. The first-order valence-electron chi connectivity index (χ1n) is 5.22. The van der Waals surface area contributed by atoms with Crippen LogP contribution in [0.5, 0.6) is 0 Å². The van der Waals surface area contributed by atoms with Gasteiger partial charge in [0, 0.05) is 5.41 Å². The zero-order chi connectivity index (χ0) is 9.90. The second kappa shape index (κ2) is 4.08. The van der Waals surface area contributed by atoms with E-state index < -0.39 is 0 Å². The van der Waals surface area contributed by atoms with E-state index in [1.54, 1.807) is 0 Å². The highest BCUT2D eigenvalue weighted by Gasteiger charge is 2.37. The van der Waals surface area contributed by atoms with Crippen LogP contribution in [0.25, 0.3) is 0 Å². The quantitative estimate of drug-likeness (QED) is 0.479. The van der Waals surface area contributed by atoms with Crippen molar-refractivity contribution in [3.63, 3.8) is 0 Å². The third-order valence-corrected chi connectivity index (χ3v) is 3.23. The highest BCUT2D eigenvalue weighted by molar-refractivity contribution is 5.60. The van der Waals surface area contributed by atoms with Crippen LogP contribution in [0.15, 0.2) is 12.2 Å². The molecule has 0 heterocycles. The molecule has 2 atom stereocenters. The first-order valence-corrected chi connectivity index (χ1v) is 5.22. The molecule has 0 amide bonds. The summed E-state index contributed by atoms with van der Waals surface area (Å²) in [7, 11) is 0. The summed E-state index contributed by atoms with van der Waals surface area (Å²) in [5.41, 5.74) is 1.09. The van der Waals surface area contributed by atoms with Crippen molar-refractivity contribution in [3.05, 3.63) is 12.2 Å². The average molecular weight is 180 g/mol. The zero-order valence-electron chi connectivity index (χ0n) is 8.81. The fourth-order valence-corrected chi connectivity index (χ4v) is 2.53. The Morgan fingerprint density at radius 3 is 2.77 bits per heavy atom. The Balaban J connectivity index is 2.62. The molecule has 1 aliphatic carbocycles. The van der Waals surface area contributed by atoms with E-state index in [-0.39, 0.29) is 5.41 Å². The first kappa shape index (κ1) is 10.5. The molecular weight excluding hydrogens is 160 g/mol. The average Bonchev–Trinajstić information content (AvgIpc) is 2.48. The Kier molecular flexibility index (Phi) is 3.29. The van der Waals surface area contributed by atoms with Crippen LogP contribution in [0.4, 0.5) is 0 Å². The topological polar surface area (TPSA) is 17.1 Å². The maximum atomic E-state index is 11.1. The molecule has 2 unspecified atom stereocenters. The highest BCUT2D eigenvalue weighted by Crippen LogP contribution is 2.45. The second-order valence-corrected chi connectivity index (χ2v) is 4.63. The summed E-state index contributed by atoms with van der Waals surface area (Å²) in [5, 5.41) is 0. The van der Waals surface area contributed by atoms with Gasteiger partial charge in [-0.3, -0.25) is 0 Å². The monoisotopic (exact) mass is 180 g/mol. The smallest absolute Gasteiger partial charge is 0.126 e. The van der Waals surface area contributed by atoms with Gasteiger partial charge in [-0.1, -0.05) is 18.9 Å². The molecule has 0 bridgehead atoms. The molecule has 0 aromatic rings. The number of carbonyl (C=O) groups is 1. The SMILES string of the molecule is C=C(C)CC1(C=O)CCC(CC)C1. The third kappa shape index (κ3) is 2.43. The molecule has 1 fully saturated rings. The summed E-state index contributed by atoms with van der Waals surface area (Å²) < 4.78 is 0. The van der Waals surface area contributed by atoms with Crippen molar-refractivity contribution in [1.82, 2.24) is 0 Å². The Labute approximate surface area is 81.2 Å². The molecular formula is C12H20O. The molecule has 1 saturated carbocycles. The molecule has 1 nitrogen and oxygen atoms in total. The van der Waals surface area contributed by atoms with Crippen LogP contribution in [0.2, 0.25) is 0 Å². The third-order valence-electron chi connectivity index (χ3n) is 3.23. The molecule has 0 spiro atoms. The Morgan fingerprint density at radius 2 is 2.38 bits per heavy atom. The van der Waals surface area contributed by atoms with Crippen molar-refractivity contribution in [2.24, 2.45) is 11.3 Å². The summed E-state index contributed by atoms with van der Waals surface area (Å²) in [5.74, 6) is 0.768. The predicted octanol–water partition coefficient (Wildman–Crippen LogP) is 3.35. The molecule has 0 aromatic carbocycles. The molecule has 0 aromatic heterocycles. The molecule has 1 aliphatic rings. The summed E-state index contributed by atoms with van der Waals surface area (Å²) in [6.07, 6.45) is 6.67. The molecule has 0 N–H and O–H groups in total. The van der Waals surface area contributed by atoms with Gasteiger partial charge in [0.1, 0.15) is 6.29 Å². The van der Waals surface area contributed by atoms with Crippen molar-refractivity contribution in [1.29, 1.82) is 0 Å². The first-order chi connectivity index (χ1) is 6.12. The van der Waals surface area contributed by atoms with E-state index in [0.717, 1.165) is 30.8 Å². The predicted molar refractivity (Wildman–Crippen MR) is 55.6 cm³/mol. The number of hydrogen-bond donors (Lipinski definition) is 0. The maximum absolute atomic E-state index is 11.1. The van der Waals surface area contributed by atoms with Crippen LogP contribution in [0.3, 0.4) is 0 Å². The fraction of sp³-hybridized carbons (Fsp3) is 0.750. The van der Waals surface area contributed by atoms with E-state index in [4.69, 9.17) is 0 Å². The summed E-state index contributed by atoms with van der Waals surface area (Å²) in [4.78, 5) is 11.1. The Morgan fingerprint density at radius 1 is 1.69 bits per heavy atom. The molecule has 0 aliphatic heterocycles. The highest BCUT2D eigenvalue weighted by atomic mass is 16.1. The summed E-state index contributed by atoms with van der Waals surface area (Å²) in [6, 6.07) is 0. The van der Waals surface area contributed by atoms with Crippen molar-refractivity contribution >= 4 is 6.29 Å². The van der Waals surface area contributed by atoms with Crippen LogP contribution < -0.4 is 0 Å². The van der Waals surface area contributed by atoms with Gasteiger partial charge in [-0.15, -0.1) is 6.58 Å². The number of hydrogen-bond acceptors (Lipinski definition) is 1. The summed E-state index contributed by atoms with van der Waals surface area (Å²) in [6.45, 7) is 8.14. The van der Waals surface area contributed by atoms with E-state index >= 15 is 0 Å². The lowest BCUT2D eigenvalue weighted by molar-refractivity contribution is -0.116. The second-order valence-electron chi connectivity index (χ2n) is 4.63. The fourth-order valence-electron chi connectivity index (χ4n) is 2.53. The number of carbonyl (C=O) groups excluding carboxylic acids is 1. The zero-order valence-corrected chi connectivity index (χ0v) is 8.81. The van der Waals surface area contributed by atoms with Crippen molar-refractivity contribution in [3.8, 4) is 0 Å². The van der Waals surface area contributed by atoms with Crippen LogP contribution in [0, 0.1) is 11.3 Å². The van der Waals surface area contributed by atoms with E-state index in [0.29, 0.717) is 0 Å². The minimum Gasteiger partial charge on any atom is -0.303 e. The van der Waals surface area contributed by atoms with Gasteiger partial charge >= 0.3 is 0 Å². The van der Waals surface area contributed by atoms with Crippen LogP contribution in [-0.2, 0) is 4.79 Å². The molecule has 74 valence electrons. The lowest BCUT2D eigenvalue weighted by Crippen LogP contribution is -2.19. The number of allylic oxidation sites excluding steroid dienone is 1. The Bertz CT molecular complexity index is 207. The van der Waals surface area contributed by atoms with E-state index in [1.807, 2.05) is 6.92 Å². The summed E-state index contributed by atoms with van der Waals surface area (Å²) >= 11 is 0. The van der Waals surface area contributed by atoms with Gasteiger partial charge in [0.05, 0.1) is 0 Å². The normalized spacial score (nSPS) is 33.2. The van der Waals surface area contributed by atoms with Gasteiger partial charge in [-0.2, -0.15) is 0 Å². The number of rotatable bonds is 4. The largest absolute Gasteiger partial charge is 0.303 e. The number of aldehydes is 1. The van der Waals surface area contributed by atoms with Crippen LogP contribution in [0.1, 0.15) is 46.0 Å². The molecule has 0 saturated heterocycles. The maximum Gasteiger partial charge on any atom is 0.126 e. The van der Waals surface area contributed by atoms with Gasteiger partial charge in [-0.25, -0.2) is 0 Å². The van der Waals surface area contributed by atoms with E-state index in [1.165, 1.54) is 19.1 Å². The van der Waals surface area contributed by atoms with Gasteiger partial charge in [-0.05, 0) is 38.5 Å². The van der Waals surface area contributed by atoms with Crippen LogP contribution >= 0.6 is 0 Å². The van der Waals surface area contributed by atoms with Crippen molar-refractivity contribution in [2.45, 2.75) is 46.0 Å². The van der Waals surface area contributed by atoms with E-state index in [9.17, 15) is 4.79 Å². The standard InChI is InChI=1S/C12H20O/c1-4-11-5-6-12(8-11,9-13)7-10(2)3/h9,11H,2,4-8H2,1,3H3. The Hall–Kier alpha value is -0.590. The van der Waals surface area contributed by atoms with Gasteiger partial charge in [0.2, 0.25) is 0 Å². The van der Waals surface area contributed by atoms with Crippen LogP contribution in [-0.4, -0.2) is 6.29 Å².